The average molecular weight is 263 g/mol. The van der Waals surface area contributed by atoms with Crippen LogP contribution in [0.3, 0.4) is 0 Å². The Morgan fingerprint density at radius 3 is 2.65 bits per heavy atom. The molecule has 1 amide bonds. The van der Waals surface area contributed by atoms with E-state index in [1.54, 1.807) is 0 Å². The summed E-state index contributed by atoms with van der Waals surface area (Å²) in [5.74, 6) is 0.0679. The fourth-order valence-electron chi connectivity index (χ4n) is 3.26. The number of carbonyl (C=O) groups excluding carboxylic acids is 1. The van der Waals surface area contributed by atoms with Crippen LogP contribution in [0.15, 0.2) is 54.6 Å². The minimum Gasteiger partial charge on any atom is -0.268 e. The Labute approximate surface area is 117 Å². The molecule has 3 nitrogen and oxygen atoms in total. The van der Waals surface area contributed by atoms with Gasteiger partial charge in [-0.2, -0.15) is 0 Å². The van der Waals surface area contributed by atoms with Gasteiger partial charge in [0.1, 0.15) is 5.92 Å². The fraction of sp³-hybridized carbons (Fsp3) is 0.176. The van der Waals surface area contributed by atoms with Gasteiger partial charge in [0.05, 0.1) is 0 Å². The quantitative estimate of drug-likeness (QED) is 0.783. The zero-order valence-corrected chi connectivity index (χ0v) is 11.0. The highest BCUT2D eigenvalue weighted by Crippen LogP contribution is 2.37. The van der Waals surface area contributed by atoms with E-state index in [0.717, 1.165) is 12.0 Å². The number of hydrazine groups is 1. The summed E-state index contributed by atoms with van der Waals surface area (Å²) in [5.41, 5.74) is 6.56. The topological polar surface area (TPSA) is 32.1 Å². The summed E-state index contributed by atoms with van der Waals surface area (Å²) in [4.78, 5) is 12.2. The molecular weight excluding hydrogens is 248 g/mol. The number of benzene rings is 2. The van der Waals surface area contributed by atoms with Crippen molar-refractivity contribution in [2.75, 3.05) is 0 Å². The van der Waals surface area contributed by atoms with E-state index in [1.165, 1.54) is 11.1 Å². The Hall–Kier alpha value is -2.42. The Kier molecular flexibility index (Phi) is 2.46. The van der Waals surface area contributed by atoms with Crippen LogP contribution >= 0.6 is 0 Å². The summed E-state index contributed by atoms with van der Waals surface area (Å²) in [7, 11) is 0. The molecule has 1 aliphatic carbocycles. The van der Waals surface area contributed by atoms with E-state index in [2.05, 4.69) is 17.6 Å². The molecule has 4 rings (SSSR count). The smallest absolute Gasteiger partial charge is 0.268 e. The second kappa shape index (κ2) is 4.30. The van der Waals surface area contributed by atoms with Gasteiger partial charge in [-0.05, 0) is 23.3 Å². The molecule has 2 aromatic carbocycles. The van der Waals surface area contributed by atoms with Gasteiger partial charge in [-0.15, -0.1) is 10.1 Å². The lowest BCUT2D eigenvalue weighted by Crippen LogP contribution is -2.30. The van der Waals surface area contributed by atoms with Gasteiger partial charge < -0.3 is 0 Å². The van der Waals surface area contributed by atoms with E-state index in [4.69, 9.17) is 0 Å². The highest BCUT2D eigenvalue weighted by Gasteiger charge is 2.51. The standard InChI is InChI=1S/C17H14N2O/c20-17-16-14-9-5-4-8-13(14)10-15(16)19(18-17)11-12-6-2-1-3-7-12/h1-9,11,15-16H,10H2/p+1. The predicted molar refractivity (Wildman–Crippen MR) is 76.7 cm³/mol. The summed E-state index contributed by atoms with van der Waals surface area (Å²) in [6, 6.07) is 18.5. The monoisotopic (exact) mass is 263 g/mol. The van der Waals surface area contributed by atoms with E-state index in [-0.39, 0.29) is 17.9 Å². The molecule has 1 heterocycles. The first-order chi connectivity index (χ1) is 9.83. The number of carbonyl (C=O) groups is 1. The van der Waals surface area contributed by atoms with Crippen LogP contribution in [0.1, 0.15) is 22.6 Å². The van der Waals surface area contributed by atoms with Crippen LogP contribution in [-0.4, -0.2) is 22.8 Å². The molecular formula is C17H15N2O+. The van der Waals surface area contributed by atoms with Gasteiger partial charge >= 0.3 is 0 Å². The SMILES string of the molecule is O=C1N[N+](=Cc2ccccc2)C2Cc3ccccc3C12. The van der Waals surface area contributed by atoms with Crippen molar-refractivity contribution >= 4 is 12.1 Å². The Balaban J connectivity index is 1.74. The van der Waals surface area contributed by atoms with Crippen LogP contribution in [0.2, 0.25) is 0 Å². The molecule has 1 N–H and O–H groups in total. The first-order valence-electron chi connectivity index (χ1n) is 6.89. The molecule has 0 aromatic heterocycles. The van der Waals surface area contributed by atoms with Crippen LogP contribution in [0.25, 0.3) is 0 Å². The molecule has 3 heteroatoms. The van der Waals surface area contributed by atoms with E-state index in [0.29, 0.717) is 0 Å². The zero-order chi connectivity index (χ0) is 13.5. The van der Waals surface area contributed by atoms with Crippen molar-refractivity contribution in [3.63, 3.8) is 0 Å². The van der Waals surface area contributed by atoms with Crippen LogP contribution in [-0.2, 0) is 11.2 Å². The molecule has 2 aliphatic rings. The van der Waals surface area contributed by atoms with E-state index in [1.807, 2.05) is 53.4 Å². The van der Waals surface area contributed by atoms with E-state index in [9.17, 15) is 4.79 Å². The van der Waals surface area contributed by atoms with Gasteiger partial charge in [-0.25, -0.2) is 0 Å². The molecule has 0 spiro atoms. The summed E-state index contributed by atoms with van der Waals surface area (Å²) >= 11 is 0. The number of hydrogen-bond acceptors (Lipinski definition) is 1. The second-order valence-corrected chi connectivity index (χ2v) is 5.37. The normalized spacial score (nSPS) is 25.4. The zero-order valence-electron chi connectivity index (χ0n) is 11.0. The molecule has 1 saturated heterocycles. The highest BCUT2D eigenvalue weighted by molar-refractivity contribution is 5.87. The van der Waals surface area contributed by atoms with Crippen LogP contribution in [0.4, 0.5) is 0 Å². The van der Waals surface area contributed by atoms with Crippen molar-refractivity contribution in [2.24, 2.45) is 0 Å². The summed E-state index contributed by atoms with van der Waals surface area (Å²) in [5, 5.41) is 0. The summed E-state index contributed by atoms with van der Waals surface area (Å²) in [6.45, 7) is 0. The third-order valence-electron chi connectivity index (χ3n) is 4.17. The molecule has 1 fully saturated rings. The van der Waals surface area contributed by atoms with Crippen molar-refractivity contribution < 1.29 is 9.48 Å². The van der Waals surface area contributed by atoms with Gasteiger partial charge in [-0.3, -0.25) is 4.79 Å². The largest absolute Gasteiger partial charge is 0.288 e. The maximum Gasteiger partial charge on any atom is 0.288 e. The first kappa shape index (κ1) is 11.4. The van der Waals surface area contributed by atoms with Crippen molar-refractivity contribution in [1.82, 2.24) is 5.43 Å². The van der Waals surface area contributed by atoms with Crippen molar-refractivity contribution in [3.8, 4) is 0 Å². The molecule has 0 saturated carbocycles. The Bertz CT molecular complexity index is 706. The van der Waals surface area contributed by atoms with Crippen molar-refractivity contribution in [1.29, 1.82) is 0 Å². The Morgan fingerprint density at radius 1 is 1.05 bits per heavy atom. The van der Waals surface area contributed by atoms with E-state index < -0.39 is 0 Å². The molecule has 2 unspecified atom stereocenters. The van der Waals surface area contributed by atoms with E-state index >= 15 is 0 Å². The molecule has 2 aromatic rings. The molecule has 2 atom stereocenters. The number of hydrazone groups is 1. The summed E-state index contributed by atoms with van der Waals surface area (Å²) in [6.07, 6.45) is 2.94. The maximum atomic E-state index is 12.2. The lowest BCUT2D eigenvalue weighted by atomic mass is 9.99. The van der Waals surface area contributed by atoms with Gasteiger partial charge in [0.2, 0.25) is 12.3 Å². The third kappa shape index (κ3) is 1.67. The number of amides is 1. The van der Waals surface area contributed by atoms with Gasteiger partial charge in [0.25, 0.3) is 5.91 Å². The fourth-order valence-corrected chi connectivity index (χ4v) is 3.26. The number of nitrogens with zero attached hydrogens (tertiary/aromatic N) is 1. The lowest BCUT2D eigenvalue weighted by Gasteiger charge is -2.01. The predicted octanol–water partition coefficient (Wildman–Crippen LogP) is 1.87. The maximum absolute atomic E-state index is 12.2. The van der Waals surface area contributed by atoms with Crippen LogP contribution < -0.4 is 5.43 Å². The van der Waals surface area contributed by atoms with Gasteiger partial charge in [0.15, 0.2) is 0 Å². The van der Waals surface area contributed by atoms with Crippen LogP contribution in [0.5, 0.6) is 0 Å². The minimum atomic E-state index is -0.0360. The van der Waals surface area contributed by atoms with Crippen LogP contribution in [0, 0.1) is 0 Å². The number of fused-ring (bicyclic) bond motifs is 3. The Morgan fingerprint density at radius 2 is 1.80 bits per heavy atom. The molecule has 0 bridgehead atoms. The second-order valence-electron chi connectivity index (χ2n) is 5.37. The first-order valence-corrected chi connectivity index (χ1v) is 6.89. The number of rotatable bonds is 1. The van der Waals surface area contributed by atoms with Gasteiger partial charge in [0, 0.05) is 12.0 Å². The molecule has 98 valence electrons. The lowest BCUT2D eigenvalue weighted by molar-refractivity contribution is -0.588. The minimum absolute atomic E-state index is 0.0360. The molecule has 20 heavy (non-hydrogen) atoms. The highest BCUT2D eigenvalue weighted by atomic mass is 16.2. The molecule has 1 aliphatic heterocycles. The van der Waals surface area contributed by atoms with Crippen molar-refractivity contribution in [3.05, 3.63) is 71.3 Å². The average Bonchev–Trinajstić information content (AvgIpc) is 2.99. The third-order valence-corrected chi connectivity index (χ3v) is 4.17. The number of nitrogens with one attached hydrogen (secondary N) is 1. The van der Waals surface area contributed by atoms with Crippen molar-refractivity contribution in [2.45, 2.75) is 18.4 Å². The summed E-state index contributed by atoms with van der Waals surface area (Å²) < 4.78 is 1.97. The van der Waals surface area contributed by atoms with Gasteiger partial charge in [-0.1, -0.05) is 42.5 Å². The molecule has 0 radical (unpaired) electrons. The number of hydrogen-bond donors (Lipinski definition) is 1.